The largest absolute Gasteiger partial charge is 0.506 e. The second-order valence-electron chi connectivity index (χ2n) is 4.70. The lowest BCUT2D eigenvalue weighted by Gasteiger charge is -2.19. The topological polar surface area (TPSA) is 88.5 Å². The van der Waals surface area contributed by atoms with Crippen LogP contribution in [0.4, 0.5) is 4.79 Å². The summed E-state index contributed by atoms with van der Waals surface area (Å²) in [6.07, 6.45) is 2.49. The maximum atomic E-state index is 11.4. The number of hydrogen-bond donors (Lipinski definition) is 2. The molecule has 0 unspecified atom stereocenters. The number of alkyl carbamates (subject to hydrolysis) is 1. The summed E-state index contributed by atoms with van der Waals surface area (Å²) in [6.45, 7) is 5.31. The van der Waals surface area contributed by atoms with E-state index in [1.54, 1.807) is 20.8 Å². The van der Waals surface area contributed by atoms with Gasteiger partial charge in [-0.05, 0) is 20.8 Å². The fraction of sp³-hybridized carbons (Fsp3) is 0.417. The van der Waals surface area contributed by atoms with Gasteiger partial charge in [0.05, 0.1) is 11.8 Å². The number of aromatic hydroxyl groups is 1. The fourth-order valence-electron chi connectivity index (χ4n) is 1.26. The number of nitrogens with one attached hydrogen (secondary N) is 1. The van der Waals surface area contributed by atoms with Crippen LogP contribution in [-0.4, -0.2) is 28.1 Å². The number of carbonyl (C=O) groups excluding carboxylic acids is 2. The van der Waals surface area contributed by atoms with E-state index in [0.717, 1.165) is 0 Å². The number of aldehydes is 1. The highest BCUT2D eigenvalue weighted by atomic mass is 16.6. The molecule has 0 atom stereocenters. The van der Waals surface area contributed by atoms with E-state index in [2.05, 4.69) is 10.3 Å². The Balaban J connectivity index is 2.67. The van der Waals surface area contributed by atoms with Gasteiger partial charge in [0.2, 0.25) is 0 Å². The van der Waals surface area contributed by atoms with E-state index >= 15 is 0 Å². The van der Waals surface area contributed by atoms with Crippen molar-refractivity contribution in [2.75, 3.05) is 0 Å². The molecule has 1 rings (SSSR count). The van der Waals surface area contributed by atoms with Crippen molar-refractivity contribution < 1.29 is 19.4 Å². The molecule has 1 aromatic rings. The molecule has 0 bridgehead atoms. The van der Waals surface area contributed by atoms with Crippen LogP contribution in [0.1, 0.15) is 36.7 Å². The average Bonchev–Trinajstić information content (AvgIpc) is 2.24. The minimum Gasteiger partial charge on any atom is -0.506 e. The van der Waals surface area contributed by atoms with Gasteiger partial charge in [-0.2, -0.15) is 0 Å². The lowest BCUT2D eigenvalue weighted by Crippen LogP contribution is -2.32. The lowest BCUT2D eigenvalue weighted by molar-refractivity contribution is 0.0523. The second-order valence-corrected chi connectivity index (χ2v) is 4.70. The molecule has 0 saturated carbocycles. The third-order valence-electron chi connectivity index (χ3n) is 1.99. The van der Waals surface area contributed by atoms with E-state index in [9.17, 15) is 14.7 Å². The number of rotatable bonds is 3. The van der Waals surface area contributed by atoms with Crippen molar-refractivity contribution in [3.05, 3.63) is 23.5 Å². The summed E-state index contributed by atoms with van der Waals surface area (Å²) in [5.74, 6) is -0.214. The maximum Gasteiger partial charge on any atom is 0.407 e. The Labute approximate surface area is 105 Å². The summed E-state index contributed by atoms with van der Waals surface area (Å²) in [5.41, 5.74) is -0.0498. The van der Waals surface area contributed by atoms with Gasteiger partial charge in [0.1, 0.15) is 11.4 Å². The van der Waals surface area contributed by atoms with Gasteiger partial charge in [0.25, 0.3) is 0 Å². The fourth-order valence-corrected chi connectivity index (χ4v) is 1.26. The van der Waals surface area contributed by atoms with Gasteiger partial charge in [-0.25, -0.2) is 4.79 Å². The van der Waals surface area contributed by atoms with Crippen LogP contribution in [0, 0.1) is 0 Å². The van der Waals surface area contributed by atoms with Crippen LogP contribution in [0.15, 0.2) is 12.4 Å². The van der Waals surface area contributed by atoms with Crippen LogP contribution < -0.4 is 5.32 Å². The molecule has 6 nitrogen and oxygen atoms in total. The highest BCUT2D eigenvalue weighted by Gasteiger charge is 2.16. The third-order valence-corrected chi connectivity index (χ3v) is 1.99. The van der Waals surface area contributed by atoms with E-state index < -0.39 is 11.7 Å². The highest BCUT2D eigenvalue weighted by Crippen LogP contribution is 2.17. The van der Waals surface area contributed by atoms with Crippen LogP contribution in [0.25, 0.3) is 0 Å². The smallest absolute Gasteiger partial charge is 0.407 e. The Bertz CT molecular complexity index is 452. The standard InChI is InChI=1S/C12H16N2O4/c1-12(2,3)18-11(17)14-5-8-4-13-6-10(16)9(8)7-15/h4,6-7,16H,5H2,1-3H3,(H,14,17). The zero-order chi connectivity index (χ0) is 13.8. The summed E-state index contributed by atoms with van der Waals surface area (Å²) in [5, 5.41) is 11.9. The van der Waals surface area contributed by atoms with Crippen LogP contribution >= 0.6 is 0 Å². The van der Waals surface area contributed by atoms with Crippen LogP contribution in [-0.2, 0) is 11.3 Å². The summed E-state index contributed by atoms with van der Waals surface area (Å²) in [4.78, 5) is 25.9. The maximum absolute atomic E-state index is 11.4. The summed E-state index contributed by atoms with van der Waals surface area (Å²) < 4.78 is 5.04. The monoisotopic (exact) mass is 252 g/mol. The van der Waals surface area contributed by atoms with Gasteiger partial charge in [-0.3, -0.25) is 9.78 Å². The van der Waals surface area contributed by atoms with Gasteiger partial charge in [-0.15, -0.1) is 0 Å². The number of hydrogen-bond acceptors (Lipinski definition) is 5. The third kappa shape index (κ3) is 4.04. The minimum absolute atomic E-state index is 0.0599. The number of aromatic nitrogens is 1. The normalized spacial score (nSPS) is 10.8. The van der Waals surface area contributed by atoms with Crippen molar-refractivity contribution >= 4 is 12.4 Å². The lowest BCUT2D eigenvalue weighted by atomic mass is 10.1. The zero-order valence-electron chi connectivity index (χ0n) is 10.6. The molecule has 1 aromatic heterocycles. The second kappa shape index (κ2) is 5.48. The van der Waals surface area contributed by atoms with Gasteiger partial charge in [0.15, 0.2) is 6.29 Å². The zero-order valence-corrected chi connectivity index (χ0v) is 10.6. The van der Waals surface area contributed by atoms with Crippen LogP contribution in [0.2, 0.25) is 0 Å². The molecule has 0 saturated heterocycles. The molecule has 0 aliphatic carbocycles. The van der Waals surface area contributed by atoms with E-state index in [4.69, 9.17) is 4.74 Å². The van der Waals surface area contributed by atoms with E-state index in [0.29, 0.717) is 11.8 Å². The number of carbonyl (C=O) groups is 2. The number of ether oxygens (including phenoxy) is 1. The number of pyridine rings is 1. The molecule has 0 fully saturated rings. The van der Waals surface area contributed by atoms with E-state index in [-0.39, 0.29) is 17.9 Å². The molecule has 0 radical (unpaired) electrons. The van der Waals surface area contributed by atoms with Crippen LogP contribution in [0.3, 0.4) is 0 Å². The minimum atomic E-state index is -0.595. The molecule has 0 aliphatic rings. The van der Waals surface area contributed by atoms with Crippen molar-refractivity contribution in [2.45, 2.75) is 32.9 Å². The molecule has 6 heteroatoms. The predicted octanol–water partition coefficient (Wildman–Crippen LogP) is 1.62. The van der Waals surface area contributed by atoms with Crippen molar-refractivity contribution in [1.29, 1.82) is 0 Å². The van der Waals surface area contributed by atoms with Crippen molar-refractivity contribution in [3.8, 4) is 5.75 Å². The summed E-state index contributed by atoms with van der Waals surface area (Å²) in [7, 11) is 0. The molecule has 0 aliphatic heterocycles. The van der Waals surface area contributed by atoms with E-state index in [1.807, 2.05) is 0 Å². The summed E-state index contributed by atoms with van der Waals surface area (Å²) in [6, 6.07) is 0. The van der Waals surface area contributed by atoms with Gasteiger partial charge in [0, 0.05) is 18.3 Å². The Kier molecular flexibility index (Phi) is 4.25. The summed E-state index contributed by atoms with van der Waals surface area (Å²) >= 11 is 0. The Morgan fingerprint density at radius 3 is 2.72 bits per heavy atom. The number of amides is 1. The van der Waals surface area contributed by atoms with Crippen molar-refractivity contribution in [3.63, 3.8) is 0 Å². The van der Waals surface area contributed by atoms with Gasteiger partial charge in [-0.1, -0.05) is 0 Å². The molecule has 1 heterocycles. The molecule has 0 spiro atoms. The highest BCUT2D eigenvalue weighted by molar-refractivity contribution is 5.81. The van der Waals surface area contributed by atoms with Gasteiger partial charge >= 0.3 is 6.09 Å². The Hall–Kier alpha value is -2.11. The molecular weight excluding hydrogens is 236 g/mol. The van der Waals surface area contributed by atoms with Crippen LogP contribution in [0.5, 0.6) is 5.75 Å². The SMILES string of the molecule is CC(C)(C)OC(=O)NCc1cncc(O)c1C=O. The molecule has 98 valence electrons. The predicted molar refractivity (Wildman–Crippen MR) is 64.4 cm³/mol. The first-order valence-electron chi connectivity index (χ1n) is 5.41. The average molecular weight is 252 g/mol. The van der Waals surface area contributed by atoms with Crippen molar-refractivity contribution in [2.24, 2.45) is 0 Å². The van der Waals surface area contributed by atoms with Crippen molar-refractivity contribution in [1.82, 2.24) is 10.3 Å². The quantitative estimate of drug-likeness (QED) is 0.798. The number of nitrogens with zero attached hydrogens (tertiary/aromatic N) is 1. The Morgan fingerprint density at radius 1 is 1.50 bits per heavy atom. The molecule has 1 amide bonds. The molecule has 18 heavy (non-hydrogen) atoms. The molecular formula is C12H16N2O4. The molecule has 0 aromatic carbocycles. The van der Waals surface area contributed by atoms with E-state index in [1.165, 1.54) is 12.4 Å². The molecule has 2 N–H and O–H groups in total. The Morgan fingerprint density at radius 2 is 2.17 bits per heavy atom. The first-order chi connectivity index (χ1) is 8.33. The van der Waals surface area contributed by atoms with Gasteiger partial charge < -0.3 is 15.2 Å². The first kappa shape index (κ1) is 14.0. The first-order valence-corrected chi connectivity index (χ1v) is 5.41.